The Kier molecular flexibility index (Phi) is 4.28. The van der Waals surface area contributed by atoms with E-state index < -0.39 is 0 Å². The van der Waals surface area contributed by atoms with E-state index in [-0.39, 0.29) is 17.5 Å². The zero-order chi connectivity index (χ0) is 16.9. The van der Waals surface area contributed by atoms with Crippen molar-refractivity contribution in [1.29, 1.82) is 0 Å². The van der Waals surface area contributed by atoms with Crippen molar-refractivity contribution in [1.82, 2.24) is 19.7 Å². The van der Waals surface area contributed by atoms with Crippen molar-refractivity contribution >= 4 is 23.2 Å². The number of nitrogens with one attached hydrogen (secondary N) is 2. The van der Waals surface area contributed by atoms with E-state index in [0.29, 0.717) is 17.2 Å². The molecule has 0 bridgehead atoms. The van der Waals surface area contributed by atoms with E-state index in [2.05, 4.69) is 25.8 Å². The van der Waals surface area contributed by atoms with Crippen LogP contribution in [-0.2, 0) is 4.79 Å². The Balaban J connectivity index is 1.72. The van der Waals surface area contributed by atoms with E-state index in [0.717, 1.165) is 0 Å². The highest BCUT2D eigenvalue weighted by molar-refractivity contribution is 6.03. The first-order valence-corrected chi connectivity index (χ1v) is 7.13. The second-order valence-corrected chi connectivity index (χ2v) is 4.96. The van der Waals surface area contributed by atoms with Gasteiger partial charge in [-0.15, -0.1) is 10.2 Å². The molecule has 3 aromatic rings. The van der Waals surface area contributed by atoms with E-state index in [1.165, 1.54) is 6.92 Å². The zero-order valence-corrected chi connectivity index (χ0v) is 12.8. The molecule has 1 aromatic carbocycles. The molecule has 120 valence electrons. The van der Waals surface area contributed by atoms with Crippen molar-refractivity contribution < 1.29 is 9.59 Å². The fourth-order valence-corrected chi connectivity index (χ4v) is 2.05. The van der Waals surface area contributed by atoms with Crippen molar-refractivity contribution in [3.63, 3.8) is 0 Å². The Morgan fingerprint density at radius 1 is 1.04 bits per heavy atom. The number of imidazole rings is 1. The maximum absolute atomic E-state index is 12.2. The maximum Gasteiger partial charge on any atom is 0.276 e. The second-order valence-electron chi connectivity index (χ2n) is 4.96. The molecule has 0 fully saturated rings. The number of carbonyl (C=O) groups is 2. The molecule has 2 heterocycles. The molecule has 0 atom stereocenters. The van der Waals surface area contributed by atoms with Crippen LogP contribution in [0.1, 0.15) is 17.4 Å². The molecule has 0 aliphatic carbocycles. The molecule has 8 nitrogen and oxygen atoms in total. The third-order valence-electron chi connectivity index (χ3n) is 3.09. The number of benzene rings is 1. The van der Waals surface area contributed by atoms with Crippen LogP contribution in [0, 0.1) is 0 Å². The first-order valence-electron chi connectivity index (χ1n) is 7.13. The number of nitrogens with zero attached hydrogens (tertiary/aromatic N) is 4. The number of anilines is 2. The molecule has 0 radical (unpaired) electrons. The lowest BCUT2D eigenvalue weighted by atomic mass is 10.2. The molecule has 0 aliphatic rings. The van der Waals surface area contributed by atoms with Gasteiger partial charge in [-0.25, -0.2) is 4.98 Å². The summed E-state index contributed by atoms with van der Waals surface area (Å²) in [6.45, 7) is 1.42. The molecule has 0 unspecified atom stereocenters. The molecule has 0 aliphatic heterocycles. The Morgan fingerprint density at radius 3 is 2.46 bits per heavy atom. The minimum absolute atomic E-state index is 0.181. The summed E-state index contributed by atoms with van der Waals surface area (Å²) >= 11 is 0. The Bertz CT molecular complexity index is 859. The van der Waals surface area contributed by atoms with Crippen molar-refractivity contribution in [2.45, 2.75) is 6.92 Å². The monoisotopic (exact) mass is 322 g/mol. The third kappa shape index (κ3) is 3.61. The minimum atomic E-state index is -0.389. The van der Waals surface area contributed by atoms with Crippen LogP contribution in [0.2, 0.25) is 0 Å². The fraction of sp³-hybridized carbons (Fsp3) is 0.0625. The summed E-state index contributed by atoms with van der Waals surface area (Å²) in [5, 5.41) is 13.3. The average molecular weight is 322 g/mol. The van der Waals surface area contributed by atoms with Crippen molar-refractivity contribution in [2.75, 3.05) is 10.6 Å². The summed E-state index contributed by atoms with van der Waals surface area (Å²) in [5.74, 6) is -0.00389. The molecule has 24 heavy (non-hydrogen) atoms. The van der Waals surface area contributed by atoms with Gasteiger partial charge in [0.25, 0.3) is 5.91 Å². The predicted molar refractivity (Wildman–Crippen MR) is 87.9 cm³/mol. The predicted octanol–water partition coefficient (Wildman–Crippen LogP) is 1.87. The molecular formula is C16H14N6O2. The minimum Gasteiger partial charge on any atom is -0.326 e. The molecule has 2 N–H and O–H groups in total. The van der Waals surface area contributed by atoms with Crippen molar-refractivity contribution in [2.24, 2.45) is 0 Å². The lowest BCUT2D eigenvalue weighted by molar-refractivity contribution is -0.114. The Hall–Kier alpha value is -3.55. The molecule has 0 saturated heterocycles. The van der Waals surface area contributed by atoms with Gasteiger partial charge in [-0.1, -0.05) is 6.07 Å². The van der Waals surface area contributed by atoms with Gasteiger partial charge in [0.15, 0.2) is 11.5 Å². The first-order chi connectivity index (χ1) is 11.6. The molecular weight excluding hydrogens is 308 g/mol. The topological polar surface area (TPSA) is 102 Å². The molecule has 0 spiro atoms. The highest BCUT2D eigenvalue weighted by atomic mass is 16.2. The summed E-state index contributed by atoms with van der Waals surface area (Å²) in [6, 6.07) is 10.1. The zero-order valence-electron chi connectivity index (χ0n) is 12.8. The smallest absolute Gasteiger partial charge is 0.276 e. The van der Waals surface area contributed by atoms with Gasteiger partial charge in [-0.2, -0.15) is 0 Å². The summed E-state index contributed by atoms with van der Waals surface area (Å²) in [5.41, 5.74) is 1.33. The summed E-state index contributed by atoms with van der Waals surface area (Å²) in [4.78, 5) is 27.2. The van der Waals surface area contributed by atoms with Gasteiger partial charge in [0.1, 0.15) is 6.33 Å². The number of hydrogen-bond acceptors (Lipinski definition) is 5. The Morgan fingerprint density at radius 2 is 1.83 bits per heavy atom. The van der Waals surface area contributed by atoms with Gasteiger partial charge in [0, 0.05) is 30.7 Å². The van der Waals surface area contributed by atoms with E-state index in [1.54, 1.807) is 59.7 Å². The molecule has 3 rings (SSSR count). The number of rotatable bonds is 4. The average Bonchev–Trinajstić information content (AvgIpc) is 3.09. The van der Waals surface area contributed by atoms with Crippen LogP contribution in [-0.4, -0.2) is 31.6 Å². The van der Waals surface area contributed by atoms with Gasteiger partial charge >= 0.3 is 0 Å². The van der Waals surface area contributed by atoms with Gasteiger partial charge < -0.3 is 10.6 Å². The SMILES string of the molecule is CC(=O)Nc1cccc(NC(=O)c2ccc(-n3ccnc3)nn2)c1. The number of amides is 2. The summed E-state index contributed by atoms with van der Waals surface area (Å²) < 4.78 is 1.69. The quantitative estimate of drug-likeness (QED) is 0.763. The van der Waals surface area contributed by atoms with Crippen LogP contribution >= 0.6 is 0 Å². The van der Waals surface area contributed by atoms with Crippen LogP contribution in [0.3, 0.4) is 0 Å². The van der Waals surface area contributed by atoms with E-state index in [4.69, 9.17) is 0 Å². The lowest BCUT2D eigenvalue weighted by Crippen LogP contribution is -2.15. The highest BCUT2D eigenvalue weighted by Gasteiger charge is 2.09. The van der Waals surface area contributed by atoms with Crippen LogP contribution < -0.4 is 10.6 Å². The van der Waals surface area contributed by atoms with E-state index in [9.17, 15) is 9.59 Å². The van der Waals surface area contributed by atoms with Crippen LogP contribution in [0.5, 0.6) is 0 Å². The standard InChI is InChI=1S/C16H14N6O2/c1-11(23)18-12-3-2-4-13(9-12)19-16(24)14-5-6-15(21-20-14)22-8-7-17-10-22/h2-10H,1H3,(H,18,23)(H,19,24). The Labute approximate surface area is 137 Å². The summed E-state index contributed by atoms with van der Waals surface area (Å²) in [7, 11) is 0. The lowest BCUT2D eigenvalue weighted by Gasteiger charge is -2.07. The van der Waals surface area contributed by atoms with E-state index in [1.807, 2.05) is 0 Å². The van der Waals surface area contributed by atoms with Gasteiger partial charge in [0.05, 0.1) is 0 Å². The van der Waals surface area contributed by atoms with Crippen LogP contribution in [0.15, 0.2) is 55.1 Å². The number of aromatic nitrogens is 4. The molecule has 8 heteroatoms. The largest absolute Gasteiger partial charge is 0.326 e. The maximum atomic E-state index is 12.2. The molecule has 2 aromatic heterocycles. The van der Waals surface area contributed by atoms with E-state index >= 15 is 0 Å². The second kappa shape index (κ2) is 6.69. The van der Waals surface area contributed by atoms with Crippen LogP contribution in [0.25, 0.3) is 5.82 Å². The number of hydrogen-bond donors (Lipinski definition) is 2. The van der Waals surface area contributed by atoms with Crippen LogP contribution in [0.4, 0.5) is 11.4 Å². The van der Waals surface area contributed by atoms with Crippen molar-refractivity contribution in [3.8, 4) is 5.82 Å². The molecule has 2 amide bonds. The third-order valence-corrected chi connectivity index (χ3v) is 3.09. The normalized spacial score (nSPS) is 10.2. The van der Waals surface area contributed by atoms with Gasteiger partial charge in [0.2, 0.25) is 5.91 Å². The highest BCUT2D eigenvalue weighted by Crippen LogP contribution is 2.16. The first kappa shape index (κ1) is 15.3. The fourth-order valence-electron chi connectivity index (χ4n) is 2.05. The van der Waals surface area contributed by atoms with Gasteiger partial charge in [-0.05, 0) is 30.3 Å². The van der Waals surface area contributed by atoms with Gasteiger partial charge in [-0.3, -0.25) is 14.2 Å². The number of carbonyl (C=O) groups excluding carboxylic acids is 2. The summed E-state index contributed by atoms with van der Waals surface area (Å²) in [6.07, 6.45) is 4.96. The molecule has 0 saturated carbocycles. The van der Waals surface area contributed by atoms with Crippen molar-refractivity contribution in [3.05, 3.63) is 60.8 Å².